The van der Waals surface area contributed by atoms with Crippen molar-refractivity contribution in [2.45, 2.75) is 6.92 Å². The van der Waals surface area contributed by atoms with Crippen LogP contribution >= 0.6 is 31.9 Å². The van der Waals surface area contributed by atoms with Crippen LogP contribution in [0.5, 0.6) is 0 Å². The van der Waals surface area contributed by atoms with Crippen LogP contribution in [0.3, 0.4) is 0 Å². The number of benzene rings is 3. The number of rotatable bonds is 3. The van der Waals surface area contributed by atoms with Crippen molar-refractivity contribution in [2.75, 3.05) is 4.90 Å². The second kappa shape index (κ2) is 7.86. The van der Waals surface area contributed by atoms with Gasteiger partial charge in [0.25, 0.3) is 5.91 Å². The maximum absolute atomic E-state index is 13.3. The van der Waals surface area contributed by atoms with Gasteiger partial charge in [0.2, 0.25) is 0 Å². The zero-order chi connectivity index (χ0) is 19.7. The summed E-state index contributed by atoms with van der Waals surface area (Å²) in [4.78, 5) is 19.7. The Bertz CT molecular complexity index is 1100. The number of halogens is 2. The third-order valence-electron chi connectivity index (χ3n) is 4.44. The van der Waals surface area contributed by atoms with E-state index in [9.17, 15) is 4.79 Å². The highest BCUT2D eigenvalue weighted by molar-refractivity contribution is 9.10. The van der Waals surface area contributed by atoms with Crippen LogP contribution in [0.1, 0.15) is 16.7 Å². The quantitative estimate of drug-likeness (QED) is 0.389. The SMILES string of the molecule is Cc1ccc(N2C(=O)/C(=C\c3ccc(Br)cc3)N=C2c2ccccc2Br)cc1. The van der Waals surface area contributed by atoms with Crippen molar-refractivity contribution >= 4 is 55.4 Å². The second-order valence-corrected chi connectivity index (χ2v) is 8.24. The molecule has 0 fully saturated rings. The molecule has 5 heteroatoms. The van der Waals surface area contributed by atoms with E-state index in [4.69, 9.17) is 4.99 Å². The summed E-state index contributed by atoms with van der Waals surface area (Å²) >= 11 is 7.02. The molecule has 0 saturated carbocycles. The number of anilines is 1. The van der Waals surface area contributed by atoms with Gasteiger partial charge in [-0.1, -0.05) is 79.9 Å². The fourth-order valence-corrected chi connectivity index (χ4v) is 3.72. The van der Waals surface area contributed by atoms with E-state index in [0.29, 0.717) is 11.5 Å². The molecule has 138 valence electrons. The van der Waals surface area contributed by atoms with E-state index < -0.39 is 0 Å². The van der Waals surface area contributed by atoms with Gasteiger partial charge in [0.05, 0.1) is 5.69 Å². The number of amides is 1. The minimum Gasteiger partial charge on any atom is -0.266 e. The number of nitrogens with zero attached hydrogens (tertiary/aromatic N) is 2. The average molecular weight is 496 g/mol. The molecule has 0 bridgehead atoms. The van der Waals surface area contributed by atoms with Crippen molar-refractivity contribution in [1.82, 2.24) is 0 Å². The lowest BCUT2D eigenvalue weighted by atomic mass is 10.1. The summed E-state index contributed by atoms with van der Waals surface area (Å²) in [5.41, 5.74) is 4.14. The Balaban J connectivity index is 1.84. The molecular formula is C23H16Br2N2O. The van der Waals surface area contributed by atoms with Gasteiger partial charge < -0.3 is 0 Å². The molecule has 0 unspecified atom stereocenters. The Morgan fingerprint density at radius 3 is 2.25 bits per heavy atom. The normalized spacial score (nSPS) is 15.2. The second-order valence-electron chi connectivity index (χ2n) is 6.47. The molecule has 4 rings (SSSR count). The number of carbonyl (C=O) groups is 1. The van der Waals surface area contributed by atoms with Gasteiger partial charge in [-0.25, -0.2) is 4.99 Å². The number of hydrogen-bond donors (Lipinski definition) is 0. The lowest BCUT2D eigenvalue weighted by Crippen LogP contribution is -2.32. The van der Waals surface area contributed by atoms with Crippen LogP contribution in [-0.4, -0.2) is 11.7 Å². The lowest BCUT2D eigenvalue weighted by molar-refractivity contribution is -0.113. The summed E-state index contributed by atoms with van der Waals surface area (Å²) in [5.74, 6) is 0.474. The highest BCUT2D eigenvalue weighted by Crippen LogP contribution is 2.30. The molecule has 1 aliphatic rings. The molecule has 0 atom stereocenters. The molecule has 0 radical (unpaired) electrons. The van der Waals surface area contributed by atoms with Gasteiger partial charge in [-0.05, 0) is 48.9 Å². The van der Waals surface area contributed by atoms with Crippen LogP contribution in [0.2, 0.25) is 0 Å². The summed E-state index contributed by atoms with van der Waals surface area (Å²) < 4.78 is 1.88. The summed E-state index contributed by atoms with van der Waals surface area (Å²) in [6.07, 6.45) is 1.82. The van der Waals surface area contributed by atoms with Crippen LogP contribution in [0, 0.1) is 6.92 Å². The standard InChI is InChI=1S/C23H16Br2N2O/c1-15-6-12-18(13-7-15)27-22(19-4-2-3-5-20(19)25)26-21(23(27)28)14-16-8-10-17(24)11-9-16/h2-14H,1H3/b21-14+. The van der Waals surface area contributed by atoms with Crippen molar-refractivity contribution in [3.05, 3.63) is 104 Å². The zero-order valence-corrected chi connectivity index (χ0v) is 18.2. The maximum Gasteiger partial charge on any atom is 0.282 e. The smallest absolute Gasteiger partial charge is 0.266 e. The minimum atomic E-state index is -0.141. The van der Waals surface area contributed by atoms with Crippen LogP contribution < -0.4 is 4.90 Å². The van der Waals surface area contributed by atoms with Crippen molar-refractivity contribution < 1.29 is 4.79 Å². The number of aliphatic imine (C=N–C) groups is 1. The van der Waals surface area contributed by atoms with E-state index >= 15 is 0 Å². The van der Waals surface area contributed by atoms with Gasteiger partial charge in [0.15, 0.2) is 0 Å². The van der Waals surface area contributed by atoms with E-state index in [1.807, 2.05) is 85.8 Å². The molecule has 3 aromatic rings. The first-order valence-corrected chi connectivity index (χ1v) is 10.3. The van der Waals surface area contributed by atoms with Crippen LogP contribution in [-0.2, 0) is 4.79 Å². The highest BCUT2D eigenvalue weighted by atomic mass is 79.9. The number of hydrogen-bond acceptors (Lipinski definition) is 2. The molecule has 0 N–H and O–H groups in total. The third kappa shape index (κ3) is 3.73. The average Bonchev–Trinajstić information content (AvgIpc) is 3.01. The van der Waals surface area contributed by atoms with E-state index in [0.717, 1.165) is 31.3 Å². The third-order valence-corrected chi connectivity index (χ3v) is 5.66. The Morgan fingerprint density at radius 2 is 1.57 bits per heavy atom. The molecular weight excluding hydrogens is 480 g/mol. The van der Waals surface area contributed by atoms with E-state index in [-0.39, 0.29) is 5.91 Å². The van der Waals surface area contributed by atoms with Crippen molar-refractivity contribution in [1.29, 1.82) is 0 Å². The summed E-state index contributed by atoms with van der Waals surface area (Å²) in [6, 6.07) is 23.5. The van der Waals surface area contributed by atoms with Crippen LogP contribution in [0.15, 0.2) is 92.4 Å². The predicted octanol–water partition coefficient (Wildman–Crippen LogP) is 6.35. The first-order valence-electron chi connectivity index (χ1n) is 8.75. The Morgan fingerprint density at radius 1 is 0.893 bits per heavy atom. The molecule has 1 aliphatic heterocycles. The monoisotopic (exact) mass is 494 g/mol. The van der Waals surface area contributed by atoms with E-state index in [2.05, 4.69) is 31.9 Å². The van der Waals surface area contributed by atoms with Gasteiger partial charge in [-0.2, -0.15) is 0 Å². The first kappa shape index (κ1) is 18.8. The van der Waals surface area contributed by atoms with Crippen molar-refractivity contribution in [3.63, 3.8) is 0 Å². The summed E-state index contributed by atoms with van der Waals surface area (Å²) in [5, 5.41) is 0. The van der Waals surface area contributed by atoms with Gasteiger partial charge >= 0.3 is 0 Å². The molecule has 0 saturated heterocycles. The van der Waals surface area contributed by atoms with Crippen LogP contribution in [0.4, 0.5) is 5.69 Å². The molecule has 3 aromatic carbocycles. The maximum atomic E-state index is 13.3. The molecule has 1 amide bonds. The van der Waals surface area contributed by atoms with Gasteiger partial charge in [0.1, 0.15) is 11.5 Å². The zero-order valence-electron chi connectivity index (χ0n) is 15.1. The summed E-state index contributed by atoms with van der Waals surface area (Å²) in [7, 11) is 0. The lowest BCUT2D eigenvalue weighted by Gasteiger charge is -2.19. The van der Waals surface area contributed by atoms with Gasteiger partial charge in [-0.15, -0.1) is 0 Å². The molecule has 0 spiro atoms. The first-order chi connectivity index (χ1) is 13.5. The predicted molar refractivity (Wildman–Crippen MR) is 121 cm³/mol. The van der Waals surface area contributed by atoms with Gasteiger partial charge in [0, 0.05) is 14.5 Å². The summed E-state index contributed by atoms with van der Waals surface area (Å²) in [6.45, 7) is 2.03. The topological polar surface area (TPSA) is 32.7 Å². The number of carbonyl (C=O) groups excluding carboxylic acids is 1. The number of aryl methyl sites for hydroxylation is 1. The Labute approximate surface area is 180 Å². The Kier molecular flexibility index (Phi) is 5.29. The number of amidine groups is 1. The van der Waals surface area contributed by atoms with E-state index in [1.165, 1.54) is 0 Å². The highest BCUT2D eigenvalue weighted by Gasteiger charge is 2.33. The molecule has 3 nitrogen and oxygen atoms in total. The van der Waals surface area contributed by atoms with E-state index in [1.54, 1.807) is 4.90 Å². The fourth-order valence-electron chi connectivity index (χ4n) is 2.99. The molecule has 1 heterocycles. The van der Waals surface area contributed by atoms with Gasteiger partial charge in [-0.3, -0.25) is 9.69 Å². The molecule has 0 aromatic heterocycles. The minimum absolute atomic E-state index is 0.141. The molecule has 28 heavy (non-hydrogen) atoms. The fraction of sp³-hybridized carbons (Fsp3) is 0.0435. The van der Waals surface area contributed by atoms with Crippen molar-refractivity contribution in [3.8, 4) is 0 Å². The largest absolute Gasteiger partial charge is 0.282 e. The van der Waals surface area contributed by atoms with Crippen LogP contribution in [0.25, 0.3) is 6.08 Å². The van der Waals surface area contributed by atoms with Crippen molar-refractivity contribution in [2.24, 2.45) is 4.99 Å². The molecule has 0 aliphatic carbocycles. The Hall–Kier alpha value is -2.50.